The van der Waals surface area contributed by atoms with Crippen molar-refractivity contribution in [1.82, 2.24) is 5.32 Å². The molecular formula is C15H22N2O3. The standard InChI is InChI=1S/C15H22N2O3/c1-4-5-8-16-15(18)12-9-10-11(17-12)6-7-13(19-2)14(10)20-3/h6-7,12,17H,4-5,8-9H2,1-3H3,(H,16,18). The summed E-state index contributed by atoms with van der Waals surface area (Å²) in [5.41, 5.74) is 1.95. The van der Waals surface area contributed by atoms with Crippen molar-refractivity contribution < 1.29 is 14.3 Å². The summed E-state index contributed by atoms with van der Waals surface area (Å²) in [6.45, 7) is 2.83. The molecule has 1 unspecified atom stereocenters. The summed E-state index contributed by atoms with van der Waals surface area (Å²) in [5.74, 6) is 1.44. The van der Waals surface area contributed by atoms with Gasteiger partial charge in [0.25, 0.3) is 0 Å². The molecule has 1 heterocycles. The summed E-state index contributed by atoms with van der Waals surface area (Å²) in [6, 6.07) is 3.54. The number of hydrogen-bond donors (Lipinski definition) is 2. The van der Waals surface area contributed by atoms with Crippen molar-refractivity contribution in [3.8, 4) is 11.5 Å². The molecule has 1 aliphatic heterocycles. The molecule has 0 saturated carbocycles. The lowest BCUT2D eigenvalue weighted by Gasteiger charge is -2.11. The third-order valence-electron chi connectivity index (χ3n) is 3.53. The van der Waals surface area contributed by atoms with E-state index < -0.39 is 0 Å². The van der Waals surface area contributed by atoms with Gasteiger partial charge in [0.2, 0.25) is 5.91 Å². The highest BCUT2D eigenvalue weighted by Crippen LogP contribution is 2.40. The molecule has 0 fully saturated rings. The number of anilines is 1. The number of fused-ring (bicyclic) bond motifs is 1. The van der Waals surface area contributed by atoms with Gasteiger partial charge in [0, 0.05) is 24.2 Å². The van der Waals surface area contributed by atoms with Crippen molar-refractivity contribution in [2.45, 2.75) is 32.2 Å². The van der Waals surface area contributed by atoms with Crippen LogP contribution in [0.15, 0.2) is 12.1 Å². The van der Waals surface area contributed by atoms with E-state index in [1.165, 1.54) is 0 Å². The van der Waals surface area contributed by atoms with Crippen molar-refractivity contribution >= 4 is 11.6 Å². The summed E-state index contributed by atoms with van der Waals surface area (Å²) < 4.78 is 10.7. The maximum absolute atomic E-state index is 12.1. The van der Waals surface area contributed by atoms with Crippen LogP contribution >= 0.6 is 0 Å². The van der Waals surface area contributed by atoms with E-state index in [9.17, 15) is 4.79 Å². The van der Waals surface area contributed by atoms with Crippen LogP contribution in [0.1, 0.15) is 25.3 Å². The largest absolute Gasteiger partial charge is 0.493 e. The Hall–Kier alpha value is -1.91. The zero-order valence-corrected chi connectivity index (χ0v) is 12.3. The number of methoxy groups -OCH3 is 2. The molecule has 110 valence electrons. The number of benzene rings is 1. The van der Waals surface area contributed by atoms with Crippen LogP contribution in [0, 0.1) is 0 Å². The van der Waals surface area contributed by atoms with Crippen molar-refractivity contribution in [1.29, 1.82) is 0 Å². The number of carbonyl (C=O) groups excluding carboxylic acids is 1. The average molecular weight is 278 g/mol. The van der Waals surface area contributed by atoms with E-state index >= 15 is 0 Å². The summed E-state index contributed by atoms with van der Waals surface area (Å²) in [5, 5.41) is 6.19. The summed E-state index contributed by atoms with van der Waals surface area (Å²) in [7, 11) is 3.23. The minimum absolute atomic E-state index is 0.0377. The summed E-state index contributed by atoms with van der Waals surface area (Å²) >= 11 is 0. The second-order valence-corrected chi connectivity index (χ2v) is 4.87. The molecule has 0 aromatic heterocycles. The van der Waals surface area contributed by atoms with Gasteiger partial charge in [-0.15, -0.1) is 0 Å². The Morgan fingerprint density at radius 2 is 2.20 bits per heavy atom. The third-order valence-corrected chi connectivity index (χ3v) is 3.53. The lowest BCUT2D eigenvalue weighted by Crippen LogP contribution is -2.38. The molecule has 5 heteroatoms. The normalized spacial score (nSPS) is 16.2. The zero-order chi connectivity index (χ0) is 14.5. The SMILES string of the molecule is CCCCNC(=O)C1Cc2c(ccc(OC)c2OC)N1. The van der Waals surface area contributed by atoms with Crippen LogP contribution in [0.3, 0.4) is 0 Å². The number of hydrogen-bond acceptors (Lipinski definition) is 4. The maximum Gasteiger partial charge on any atom is 0.242 e. The van der Waals surface area contributed by atoms with Crippen molar-refractivity contribution in [3.63, 3.8) is 0 Å². The van der Waals surface area contributed by atoms with E-state index in [0.717, 1.165) is 30.6 Å². The van der Waals surface area contributed by atoms with Gasteiger partial charge in [0.1, 0.15) is 6.04 Å². The number of nitrogens with one attached hydrogen (secondary N) is 2. The van der Waals surface area contributed by atoms with Crippen molar-refractivity contribution in [2.75, 3.05) is 26.1 Å². The number of amides is 1. The van der Waals surface area contributed by atoms with Gasteiger partial charge in [-0.25, -0.2) is 0 Å². The second-order valence-electron chi connectivity index (χ2n) is 4.87. The molecule has 0 radical (unpaired) electrons. The molecule has 0 bridgehead atoms. The first-order chi connectivity index (χ1) is 9.71. The Labute approximate surface area is 119 Å². The minimum Gasteiger partial charge on any atom is -0.493 e. The molecule has 1 atom stereocenters. The zero-order valence-electron chi connectivity index (χ0n) is 12.3. The topological polar surface area (TPSA) is 59.6 Å². The molecular weight excluding hydrogens is 256 g/mol. The van der Waals surface area contributed by atoms with E-state index in [4.69, 9.17) is 9.47 Å². The van der Waals surface area contributed by atoms with Gasteiger partial charge < -0.3 is 20.1 Å². The average Bonchev–Trinajstić information content (AvgIpc) is 2.90. The number of rotatable bonds is 6. The van der Waals surface area contributed by atoms with Gasteiger partial charge in [0.05, 0.1) is 14.2 Å². The van der Waals surface area contributed by atoms with Gasteiger partial charge in [-0.1, -0.05) is 13.3 Å². The smallest absolute Gasteiger partial charge is 0.242 e. The van der Waals surface area contributed by atoms with Crippen LogP contribution in [0.5, 0.6) is 11.5 Å². The minimum atomic E-state index is -0.233. The first kappa shape index (κ1) is 14.5. The summed E-state index contributed by atoms with van der Waals surface area (Å²) in [6.07, 6.45) is 2.69. The molecule has 0 saturated heterocycles. The summed E-state index contributed by atoms with van der Waals surface area (Å²) in [4.78, 5) is 12.1. The molecule has 1 aromatic carbocycles. The van der Waals surface area contributed by atoms with Crippen LogP contribution < -0.4 is 20.1 Å². The Bertz CT molecular complexity index is 488. The van der Waals surface area contributed by atoms with Crippen LogP contribution in [0.4, 0.5) is 5.69 Å². The highest BCUT2D eigenvalue weighted by atomic mass is 16.5. The van der Waals surface area contributed by atoms with Crippen molar-refractivity contribution in [3.05, 3.63) is 17.7 Å². The molecule has 0 aliphatic carbocycles. The van der Waals surface area contributed by atoms with E-state index in [2.05, 4.69) is 17.6 Å². The van der Waals surface area contributed by atoms with Gasteiger partial charge >= 0.3 is 0 Å². The van der Waals surface area contributed by atoms with E-state index in [-0.39, 0.29) is 11.9 Å². The fourth-order valence-corrected chi connectivity index (χ4v) is 2.44. The Morgan fingerprint density at radius 1 is 1.40 bits per heavy atom. The predicted octanol–water partition coefficient (Wildman–Crippen LogP) is 1.96. The fraction of sp³-hybridized carbons (Fsp3) is 0.533. The lowest BCUT2D eigenvalue weighted by atomic mass is 10.1. The van der Waals surface area contributed by atoms with E-state index in [1.807, 2.05) is 12.1 Å². The second kappa shape index (κ2) is 6.50. The first-order valence-electron chi connectivity index (χ1n) is 6.99. The highest BCUT2D eigenvalue weighted by molar-refractivity contribution is 5.88. The molecule has 2 N–H and O–H groups in total. The Balaban J connectivity index is 2.09. The van der Waals surface area contributed by atoms with Gasteiger partial charge in [0.15, 0.2) is 11.5 Å². The fourth-order valence-electron chi connectivity index (χ4n) is 2.44. The number of carbonyl (C=O) groups is 1. The third kappa shape index (κ3) is 2.81. The first-order valence-corrected chi connectivity index (χ1v) is 6.99. The molecule has 0 spiro atoms. The quantitative estimate of drug-likeness (QED) is 0.781. The van der Waals surface area contributed by atoms with Crippen molar-refractivity contribution in [2.24, 2.45) is 0 Å². The van der Waals surface area contributed by atoms with Gasteiger partial charge in [-0.2, -0.15) is 0 Å². The molecule has 5 nitrogen and oxygen atoms in total. The van der Waals surface area contributed by atoms with Crippen LogP contribution in [-0.4, -0.2) is 32.7 Å². The number of ether oxygens (including phenoxy) is 2. The monoisotopic (exact) mass is 278 g/mol. The Morgan fingerprint density at radius 3 is 2.85 bits per heavy atom. The molecule has 2 rings (SSSR count). The van der Waals surface area contributed by atoms with E-state index in [1.54, 1.807) is 14.2 Å². The van der Waals surface area contributed by atoms with E-state index in [0.29, 0.717) is 17.9 Å². The van der Waals surface area contributed by atoms with Crippen LogP contribution in [0.25, 0.3) is 0 Å². The lowest BCUT2D eigenvalue weighted by molar-refractivity contribution is -0.121. The molecule has 1 amide bonds. The number of unbranched alkanes of at least 4 members (excludes halogenated alkanes) is 1. The molecule has 20 heavy (non-hydrogen) atoms. The van der Waals surface area contributed by atoms with Gasteiger partial charge in [-0.05, 0) is 18.6 Å². The van der Waals surface area contributed by atoms with Gasteiger partial charge in [-0.3, -0.25) is 4.79 Å². The van der Waals surface area contributed by atoms with Crippen LogP contribution in [-0.2, 0) is 11.2 Å². The van der Waals surface area contributed by atoms with Crippen LogP contribution in [0.2, 0.25) is 0 Å². The highest BCUT2D eigenvalue weighted by Gasteiger charge is 2.30. The Kier molecular flexibility index (Phi) is 4.71. The predicted molar refractivity (Wildman–Crippen MR) is 78.6 cm³/mol. The maximum atomic E-state index is 12.1. The molecule has 1 aromatic rings. The molecule has 1 aliphatic rings.